The topological polar surface area (TPSA) is 88.0 Å². The first-order valence-electron chi connectivity index (χ1n) is 8.99. The fraction of sp³-hybridized carbons (Fsp3) is 0.100. The molecular formula is C20H16N6OS2. The van der Waals surface area contributed by atoms with Crippen molar-refractivity contribution in [3.8, 4) is 11.3 Å². The molecule has 3 heterocycles. The number of H-pyrrole nitrogens is 1. The summed E-state index contributed by atoms with van der Waals surface area (Å²) in [6, 6.07) is 17.7. The lowest BCUT2D eigenvalue weighted by molar-refractivity contribution is -0.115. The molecule has 1 unspecified atom stereocenters. The Morgan fingerprint density at radius 1 is 1.14 bits per heavy atom. The van der Waals surface area contributed by atoms with E-state index < -0.39 is 0 Å². The second-order valence-corrected chi connectivity index (χ2v) is 8.59. The molecule has 29 heavy (non-hydrogen) atoms. The van der Waals surface area contributed by atoms with Crippen LogP contribution in [-0.2, 0) is 4.79 Å². The Labute approximate surface area is 174 Å². The summed E-state index contributed by atoms with van der Waals surface area (Å²) in [6.45, 7) is 1.85. The van der Waals surface area contributed by atoms with Crippen LogP contribution in [0.1, 0.15) is 6.92 Å². The number of para-hydroxylation sites is 2. The van der Waals surface area contributed by atoms with Crippen molar-refractivity contribution in [2.75, 3.05) is 5.32 Å². The molecular weight excluding hydrogens is 404 g/mol. The minimum atomic E-state index is -0.355. The summed E-state index contributed by atoms with van der Waals surface area (Å²) in [5.74, 6) is 0.540. The standard InChI is InChI=1S/C20H16N6OS2/c1-12(17(27)23-19-22-15(11-28-19)13-7-3-2-4-8-13)29-20-25-24-18-21-14-9-5-6-10-16(14)26(18)20/h2-12H,1H3,(H,21,24)(H,22,23,27). The smallest absolute Gasteiger partial charge is 0.239 e. The van der Waals surface area contributed by atoms with Crippen LogP contribution in [0.25, 0.3) is 28.1 Å². The Bertz CT molecular complexity index is 1310. The molecule has 0 fully saturated rings. The number of imidazole rings is 1. The minimum Gasteiger partial charge on any atom is -0.301 e. The molecule has 144 valence electrons. The Kier molecular flexibility index (Phi) is 4.53. The van der Waals surface area contributed by atoms with E-state index in [1.54, 1.807) is 0 Å². The summed E-state index contributed by atoms with van der Waals surface area (Å²) in [7, 11) is 0. The van der Waals surface area contributed by atoms with Crippen LogP contribution in [0, 0.1) is 0 Å². The zero-order valence-corrected chi connectivity index (χ0v) is 17.0. The molecule has 2 aromatic carbocycles. The van der Waals surface area contributed by atoms with E-state index in [-0.39, 0.29) is 11.2 Å². The van der Waals surface area contributed by atoms with E-state index in [0.717, 1.165) is 22.3 Å². The van der Waals surface area contributed by atoms with Crippen LogP contribution in [-0.4, -0.2) is 35.7 Å². The number of rotatable bonds is 5. The third-order valence-corrected chi connectivity index (χ3v) is 6.27. The number of anilines is 1. The van der Waals surface area contributed by atoms with Crippen LogP contribution >= 0.6 is 23.1 Å². The zero-order chi connectivity index (χ0) is 19.8. The van der Waals surface area contributed by atoms with Crippen molar-refractivity contribution in [3.63, 3.8) is 0 Å². The molecule has 7 nitrogen and oxygen atoms in total. The fourth-order valence-electron chi connectivity index (χ4n) is 3.01. The number of hydrogen-bond donors (Lipinski definition) is 2. The summed E-state index contributed by atoms with van der Waals surface area (Å²) >= 11 is 2.79. The monoisotopic (exact) mass is 420 g/mol. The molecule has 5 rings (SSSR count). The molecule has 0 spiro atoms. The number of benzene rings is 2. The van der Waals surface area contributed by atoms with Gasteiger partial charge in [-0.05, 0) is 19.1 Å². The number of aromatic amines is 1. The van der Waals surface area contributed by atoms with Crippen molar-refractivity contribution in [2.24, 2.45) is 0 Å². The summed E-state index contributed by atoms with van der Waals surface area (Å²) in [4.78, 5) is 21.7. The van der Waals surface area contributed by atoms with E-state index in [2.05, 4.69) is 25.5 Å². The lowest BCUT2D eigenvalue weighted by atomic mass is 10.2. The second-order valence-electron chi connectivity index (χ2n) is 6.42. The van der Waals surface area contributed by atoms with Gasteiger partial charge in [-0.2, -0.15) is 0 Å². The Hall–Kier alpha value is -3.17. The first kappa shape index (κ1) is 17.9. The third kappa shape index (κ3) is 3.39. The highest BCUT2D eigenvalue weighted by Crippen LogP contribution is 2.28. The van der Waals surface area contributed by atoms with Gasteiger partial charge in [0.1, 0.15) is 0 Å². The molecule has 9 heteroatoms. The van der Waals surface area contributed by atoms with Gasteiger partial charge >= 0.3 is 0 Å². The van der Waals surface area contributed by atoms with E-state index in [4.69, 9.17) is 0 Å². The van der Waals surface area contributed by atoms with Crippen LogP contribution in [0.4, 0.5) is 5.13 Å². The number of thioether (sulfide) groups is 1. The fourth-order valence-corrected chi connectivity index (χ4v) is 4.61. The molecule has 0 saturated heterocycles. The van der Waals surface area contributed by atoms with Gasteiger partial charge < -0.3 is 5.32 Å². The van der Waals surface area contributed by atoms with Crippen molar-refractivity contribution in [1.82, 2.24) is 24.6 Å². The number of nitrogens with zero attached hydrogens (tertiary/aromatic N) is 4. The van der Waals surface area contributed by atoms with Crippen LogP contribution in [0.5, 0.6) is 0 Å². The van der Waals surface area contributed by atoms with E-state index in [1.165, 1.54) is 23.1 Å². The van der Waals surface area contributed by atoms with Gasteiger partial charge in [-0.3, -0.25) is 9.20 Å². The SMILES string of the molecule is CC(Sc1n[nH]c2nc3ccccc3n12)C(=O)Nc1nc(-c2ccccc2)cs1. The van der Waals surface area contributed by atoms with Gasteiger partial charge in [0.05, 0.1) is 22.0 Å². The van der Waals surface area contributed by atoms with Gasteiger partial charge in [-0.1, -0.05) is 54.2 Å². The first-order valence-corrected chi connectivity index (χ1v) is 10.7. The highest BCUT2D eigenvalue weighted by molar-refractivity contribution is 8.00. The number of aromatic nitrogens is 5. The van der Waals surface area contributed by atoms with Crippen molar-refractivity contribution in [1.29, 1.82) is 0 Å². The van der Waals surface area contributed by atoms with E-state index in [0.29, 0.717) is 16.1 Å². The van der Waals surface area contributed by atoms with E-state index in [9.17, 15) is 4.79 Å². The van der Waals surface area contributed by atoms with Crippen LogP contribution in [0.15, 0.2) is 65.1 Å². The molecule has 1 atom stereocenters. The molecule has 5 aromatic rings. The number of thiazole rings is 1. The van der Waals surface area contributed by atoms with Crippen molar-refractivity contribution in [3.05, 3.63) is 60.0 Å². The average molecular weight is 421 g/mol. The number of fused-ring (bicyclic) bond motifs is 3. The zero-order valence-electron chi connectivity index (χ0n) is 15.4. The molecule has 0 aliphatic rings. The Morgan fingerprint density at radius 3 is 2.79 bits per heavy atom. The summed E-state index contributed by atoms with van der Waals surface area (Å²) < 4.78 is 1.93. The molecule has 0 bridgehead atoms. The number of carbonyl (C=O) groups excluding carboxylic acids is 1. The van der Waals surface area contributed by atoms with E-state index >= 15 is 0 Å². The molecule has 3 aromatic heterocycles. The molecule has 1 amide bonds. The first-order chi connectivity index (χ1) is 14.2. The molecule has 0 aliphatic carbocycles. The second kappa shape index (κ2) is 7.34. The number of nitrogens with one attached hydrogen (secondary N) is 2. The average Bonchev–Trinajstić information content (AvgIpc) is 3.45. The van der Waals surface area contributed by atoms with Crippen molar-refractivity contribution < 1.29 is 4.79 Å². The van der Waals surface area contributed by atoms with Gasteiger partial charge in [0.15, 0.2) is 10.3 Å². The normalized spacial score (nSPS) is 12.4. The minimum absolute atomic E-state index is 0.121. The highest BCUT2D eigenvalue weighted by Gasteiger charge is 2.20. The number of amides is 1. The maximum absolute atomic E-state index is 12.7. The maximum atomic E-state index is 12.7. The quantitative estimate of drug-likeness (QED) is 0.410. The lowest BCUT2D eigenvalue weighted by Gasteiger charge is -2.09. The summed E-state index contributed by atoms with van der Waals surface area (Å²) in [6.07, 6.45) is 0. The number of carbonyl (C=O) groups is 1. The predicted molar refractivity (Wildman–Crippen MR) is 116 cm³/mol. The summed E-state index contributed by atoms with van der Waals surface area (Å²) in [5, 5.41) is 13.0. The largest absolute Gasteiger partial charge is 0.301 e. The van der Waals surface area contributed by atoms with Gasteiger partial charge in [0.2, 0.25) is 11.7 Å². The lowest BCUT2D eigenvalue weighted by Crippen LogP contribution is -2.22. The maximum Gasteiger partial charge on any atom is 0.239 e. The highest BCUT2D eigenvalue weighted by atomic mass is 32.2. The van der Waals surface area contributed by atoms with Gasteiger partial charge in [-0.15, -0.1) is 16.4 Å². The third-order valence-electron chi connectivity index (χ3n) is 4.46. The van der Waals surface area contributed by atoms with Gasteiger partial charge in [-0.25, -0.2) is 15.1 Å². The molecule has 0 radical (unpaired) electrons. The summed E-state index contributed by atoms with van der Waals surface area (Å²) in [5.41, 5.74) is 3.72. The van der Waals surface area contributed by atoms with Crippen LogP contribution in [0.3, 0.4) is 0 Å². The van der Waals surface area contributed by atoms with E-state index in [1.807, 2.05) is 71.3 Å². The van der Waals surface area contributed by atoms with Crippen molar-refractivity contribution >= 4 is 50.9 Å². The number of hydrogen-bond acceptors (Lipinski definition) is 6. The molecule has 0 saturated carbocycles. The molecule has 0 aliphatic heterocycles. The Morgan fingerprint density at radius 2 is 1.93 bits per heavy atom. The van der Waals surface area contributed by atoms with Crippen LogP contribution < -0.4 is 5.32 Å². The van der Waals surface area contributed by atoms with Crippen LogP contribution in [0.2, 0.25) is 0 Å². The predicted octanol–water partition coefficient (Wildman–Crippen LogP) is 4.45. The van der Waals surface area contributed by atoms with Gasteiger partial charge in [0, 0.05) is 10.9 Å². The molecule has 2 N–H and O–H groups in total. The Balaban J connectivity index is 1.33. The van der Waals surface area contributed by atoms with Crippen molar-refractivity contribution in [2.45, 2.75) is 17.3 Å². The van der Waals surface area contributed by atoms with Gasteiger partial charge in [0.25, 0.3) is 0 Å².